The molecule has 3 heteroatoms. The van der Waals surface area contributed by atoms with Crippen LogP contribution < -0.4 is 0 Å². The lowest BCUT2D eigenvalue weighted by Crippen LogP contribution is -2.32. The van der Waals surface area contributed by atoms with Crippen LogP contribution in [0.5, 0.6) is 0 Å². The Labute approximate surface area is 84.1 Å². The molecule has 3 atom stereocenters. The summed E-state index contributed by atoms with van der Waals surface area (Å²) in [5.41, 5.74) is 0. The first-order chi connectivity index (χ1) is 6.19. The van der Waals surface area contributed by atoms with Crippen LogP contribution in [-0.4, -0.2) is 22.6 Å². The normalized spacial score (nSPS) is 34.5. The Morgan fingerprint density at radius 1 is 1.54 bits per heavy atom. The average molecular weight is 202 g/mol. The number of carboxylic acid groups (broad SMARTS) is 1. The number of carboxylic acids is 1. The summed E-state index contributed by atoms with van der Waals surface area (Å²) >= 11 is 1.72. The summed E-state index contributed by atoms with van der Waals surface area (Å²) in [5, 5.41) is 9.33. The lowest BCUT2D eigenvalue weighted by atomic mass is 9.80. The van der Waals surface area contributed by atoms with Crippen LogP contribution in [0.15, 0.2) is 0 Å². The highest BCUT2D eigenvalue weighted by Gasteiger charge is 2.33. The first kappa shape index (κ1) is 10.9. The van der Waals surface area contributed by atoms with Gasteiger partial charge in [-0.1, -0.05) is 13.3 Å². The summed E-state index contributed by atoms with van der Waals surface area (Å²) in [6.45, 7) is 2.20. The van der Waals surface area contributed by atoms with E-state index in [1.54, 1.807) is 11.8 Å². The lowest BCUT2D eigenvalue weighted by Gasteiger charge is -2.32. The molecule has 1 saturated carbocycles. The third-order valence-electron chi connectivity index (χ3n) is 3.10. The van der Waals surface area contributed by atoms with Gasteiger partial charge in [-0.15, -0.1) is 0 Å². The minimum atomic E-state index is -0.603. The van der Waals surface area contributed by atoms with E-state index in [1.165, 1.54) is 6.42 Å². The Morgan fingerprint density at radius 3 is 2.69 bits per heavy atom. The number of thioether (sulfide) groups is 1. The molecule has 1 aliphatic rings. The summed E-state index contributed by atoms with van der Waals surface area (Å²) in [5.74, 6) is 0.0553. The van der Waals surface area contributed by atoms with Crippen molar-refractivity contribution in [2.45, 2.75) is 37.9 Å². The second-order valence-corrected chi connectivity index (χ2v) is 4.88. The monoisotopic (exact) mass is 202 g/mol. The van der Waals surface area contributed by atoms with Crippen LogP contribution in [0.4, 0.5) is 0 Å². The molecule has 0 aliphatic heterocycles. The van der Waals surface area contributed by atoms with Crippen molar-refractivity contribution in [2.24, 2.45) is 11.8 Å². The van der Waals surface area contributed by atoms with Crippen molar-refractivity contribution in [2.75, 3.05) is 6.26 Å². The Bertz CT molecular complexity index is 182. The van der Waals surface area contributed by atoms with E-state index in [0.29, 0.717) is 5.25 Å². The summed E-state index contributed by atoms with van der Waals surface area (Å²) in [4.78, 5) is 10.9. The molecule has 0 radical (unpaired) electrons. The van der Waals surface area contributed by atoms with E-state index in [-0.39, 0.29) is 5.92 Å². The predicted octanol–water partition coefficient (Wildman–Crippen LogP) is 2.63. The van der Waals surface area contributed by atoms with Crippen molar-refractivity contribution in [3.63, 3.8) is 0 Å². The molecule has 0 aromatic heterocycles. The molecule has 0 bridgehead atoms. The molecule has 1 fully saturated rings. The zero-order chi connectivity index (χ0) is 9.84. The Balaban J connectivity index is 2.55. The van der Waals surface area contributed by atoms with Crippen molar-refractivity contribution >= 4 is 17.7 Å². The second kappa shape index (κ2) is 4.89. The Hall–Kier alpha value is -0.180. The van der Waals surface area contributed by atoms with Crippen LogP contribution in [0.1, 0.15) is 32.6 Å². The van der Waals surface area contributed by atoms with E-state index in [4.69, 9.17) is 5.11 Å². The van der Waals surface area contributed by atoms with Crippen molar-refractivity contribution in [3.8, 4) is 0 Å². The molecule has 76 valence electrons. The molecule has 0 aromatic rings. The van der Waals surface area contributed by atoms with Crippen molar-refractivity contribution in [1.29, 1.82) is 0 Å². The summed E-state index contributed by atoms with van der Waals surface area (Å²) in [6.07, 6.45) is 6.29. The molecule has 1 N–H and O–H groups in total. The quantitative estimate of drug-likeness (QED) is 0.764. The topological polar surface area (TPSA) is 37.3 Å². The first-order valence-electron chi connectivity index (χ1n) is 4.94. The molecule has 1 rings (SSSR count). The first-order valence-corrected chi connectivity index (χ1v) is 6.23. The molecule has 0 amide bonds. The fourth-order valence-electron chi connectivity index (χ4n) is 2.13. The molecular formula is C10H18O2S. The van der Waals surface area contributed by atoms with Gasteiger partial charge in [-0.3, -0.25) is 4.79 Å². The molecule has 0 heterocycles. The van der Waals surface area contributed by atoms with Gasteiger partial charge in [-0.05, 0) is 31.4 Å². The van der Waals surface area contributed by atoms with Crippen molar-refractivity contribution in [3.05, 3.63) is 0 Å². The molecule has 0 aromatic carbocycles. The maximum absolute atomic E-state index is 10.9. The molecule has 13 heavy (non-hydrogen) atoms. The van der Waals surface area contributed by atoms with Gasteiger partial charge in [-0.2, -0.15) is 11.8 Å². The van der Waals surface area contributed by atoms with Crippen LogP contribution in [0.3, 0.4) is 0 Å². The van der Waals surface area contributed by atoms with E-state index < -0.39 is 5.97 Å². The van der Waals surface area contributed by atoms with E-state index >= 15 is 0 Å². The van der Waals surface area contributed by atoms with Crippen molar-refractivity contribution in [1.82, 2.24) is 0 Å². The number of aliphatic carboxylic acids is 1. The number of carbonyl (C=O) groups is 1. The van der Waals surface area contributed by atoms with Crippen LogP contribution in [0.25, 0.3) is 0 Å². The minimum absolute atomic E-state index is 0.0993. The van der Waals surface area contributed by atoms with E-state index in [2.05, 4.69) is 6.92 Å². The summed E-state index contributed by atoms with van der Waals surface area (Å²) in [7, 11) is 0. The zero-order valence-corrected chi connectivity index (χ0v) is 9.14. The van der Waals surface area contributed by atoms with Gasteiger partial charge in [0.15, 0.2) is 0 Å². The van der Waals surface area contributed by atoms with E-state index in [9.17, 15) is 4.79 Å². The van der Waals surface area contributed by atoms with Gasteiger partial charge in [0.25, 0.3) is 0 Å². The number of hydrogen-bond donors (Lipinski definition) is 1. The van der Waals surface area contributed by atoms with Crippen LogP contribution in [-0.2, 0) is 4.79 Å². The van der Waals surface area contributed by atoms with Crippen LogP contribution in [0, 0.1) is 11.8 Å². The summed E-state index contributed by atoms with van der Waals surface area (Å²) < 4.78 is 0. The van der Waals surface area contributed by atoms with Crippen molar-refractivity contribution < 1.29 is 9.90 Å². The van der Waals surface area contributed by atoms with E-state index in [1.807, 2.05) is 6.26 Å². The second-order valence-electron chi connectivity index (χ2n) is 3.81. The lowest BCUT2D eigenvalue weighted by molar-refractivity contribution is -0.142. The molecule has 2 nitrogen and oxygen atoms in total. The third kappa shape index (κ3) is 2.63. The highest BCUT2D eigenvalue weighted by Crippen LogP contribution is 2.36. The Kier molecular flexibility index (Phi) is 4.10. The molecule has 1 aliphatic carbocycles. The van der Waals surface area contributed by atoms with Crippen LogP contribution in [0.2, 0.25) is 0 Å². The maximum Gasteiger partial charge on any atom is 0.307 e. The third-order valence-corrected chi connectivity index (χ3v) is 4.22. The summed E-state index contributed by atoms with van der Waals surface area (Å²) in [6, 6.07) is 0. The largest absolute Gasteiger partial charge is 0.481 e. The standard InChI is InChI=1S/C10H18O2S/c1-3-7-4-5-8(10(11)12)9(6-7)13-2/h7-9H,3-6H2,1-2H3,(H,11,12). The smallest absolute Gasteiger partial charge is 0.307 e. The van der Waals surface area contributed by atoms with Gasteiger partial charge in [0, 0.05) is 5.25 Å². The van der Waals surface area contributed by atoms with Gasteiger partial charge >= 0.3 is 5.97 Å². The predicted molar refractivity (Wildman–Crippen MR) is 56.1 cm³/mol. The van der Waals surface area contributed by atoms with E-state index in [0.717, 1.165) is 25.2 Å². The molecular weight excluding hydrogens is 184 g/mol. The highest BCUT2D eigenvalue weighted by atomic mass is 32.2. The zero-order valence-electron chi connectivity index (χ0n) is 8.32. The molecule has 0 spiro atoms. The molecule has 3 unspecified atom stereocenters. The van der Waals surface area contributed by atoms with Gasteiger partial charge in [-0.25, -0.2) is 0 Å². The maximum atomic E-state index is 10.9. The fraction of sp³-hybridized carbons (Fsp3) is 0.900. The van der Waals surface area contributed by atoms with Gasteiger partial charge < -0.3 is 5.11 Å². The Morgan fingerprint density at radius 2 is 2.23 bits per heavy atom. The van der Waals surface area contributed by atoms with Crippen LogP contribution >= 0.6 is 11.8 Å². The minimum Gasteiger partial charge on any atom is -0.481 e. The number of hydrogen-bond acceptors (Lipinski definition) is 2. The SMILES string of the molecule is CCC1CCC(C(=O)O)C(SC)C1. The number of rotatable bonds is 3. The fourth-order valence-corrected chi connectivity index (χ4v) is 3.17. The van der Waals surface area contributed by atoms with Gasteiger partial charge in [0.05, 0.1) is 5.92 Å². The average Bonchev–Trinajstić information content (AvgIpc) is 2.16. The molecule has 0 saturated heterocycles. The van der Waals surface area contributed by atoms with Gasteiger partial charge in [0.1, 0.15) is 0 Å². The highest BCUT2D eigenvalue weighted by molar-refractivity contribution is 7.99. The van der Waals surface area contributed by atoms with Gasteiger partial charge in [0.2, 0.25) is 0 Å².